The molecule has 0 atom stereocenters. The maximum Gasteiger partial charge on any atom is 0.251 e. The number of para-hydroxylation sites is 2. The molecule has 4 aromatic rings. The second-order valence-corrected chi connectivity index (χ2v) is 8.16. The number of ether oxygens (including phenoxy) is 1. The lowest BCUT2D eigenvalue weighted by Crippen LogP contribution is -2.24. The molecular formula is C27H28FN3O2. The zero-order chi connectivity index (χ0) is 23.2. The van der Waals surface area contributed by atoms with Crippen LogP contribution in [-0.4, -0.2) is 22.1 Å². The molecular weight excluding hydrogens is 417 g/mol. The second-order valence-electron chi connectivity index (χ2n) is 8.16. The van der Waals surface area contributed by atoms with Gasteiger partial charge in [0.05, 0.1) is 24.2 Å². The molecule has 0 unspecified atom stereocenters. The van der Waals surface area contributed by atoms with Crippen LogP contribution in [0, 0.1) is 19.7 Å². The lowest BCUT2D eigenvalue weighted by Gasteiger charge is -2.11. The van der Waals surface area contributed by atoms with Gasteiger partial charge in [-0.2, -0.15) is 0 Å². The predicted molar refractivity (Wildman–Crippen MR) is 128 cm³/mol. The van der Waals surface area contributed by atoms with E-state index in [1.165, 1.54) is 35.4 Å². The molecule has 3 aromatic carbocycles. The molecule has 0 spiro atoms. The van der Waals surface area contributed by atoms with Gasteiger partial charge in [-0.1, -0.05) is 18.2 Å². The summed E-state index contributed by atoms with van der Waals surface area (Å²) in [7, 11) is 0. The van der Waals surface area contributed by atoms with Crippen molar-refractivity contribution in [2.75, 3.05) is 6.61 Å². The third-order valence-corrected chi connectivity index (χ3v) is 5.77. The Morgan fingerprint density at radius 3 is 2.58 bits per heavy atom. The van der Waals surface area contributed by atoms with E-state index < -0.39 is 0 Å². The number of hydrogen-bond acceptors (Lipinski definition) is 3. The minimum absolute atomic E-state index is 0.254. The van der Waals surface area contributed by atoms with Gasteiger partial charge in [0.25, 0.3) is 5.91 Å². The highest BCUT2D eigenvalue weighted by molar-refractivity contribution is 5.94. The molecule has 170 valence electrons. The summed E-state index contributed by atoms with van der Waals surface area (Å²) in [6.45, 7) is 5.89. The highest BCUT2D eigenvalue weighted by atomic mass is 19.1. The molecule has 6 heteroatoms. The van der Waals surface area contributed by atoms with Crippen molar-refractivity contribution in [3.05, 3.63) is 95.1 Å². The first-order valence-electron chi connectivity index (χ1n) is 11.2. The SMILES string of the molecule is Cc1ccc(OCCCCn2c(CNC(=O)c3ccc(F)cc3)nc3ccccc32)cc1C. The zero-order valence-corrected chi connectivity index (χ0v) is 19.0. The smallest absolute Gasteiger partial charge is 0.251 e. The van der Waals surface area contributed by atoms with Crippen molar-refractivity contribution in [2.45, 2.75) is 39.8 Å². The van der Waals surface area contributed by atoms with E-state index in [0.29, 0.717) is 18.7 Å². The van der Waals surface area contributed by atoms with E-state index in [0.717, 1.165) is 42.0 Å². The van der Waals surface area contributed by atoms with Crippen molar-refractivity contribution in [1.29, 1.82) is 0 Å². The second kappa shape index (κ2) is 10.3. The number of aromatic nitrogens is 2. The number of imidazole rings is 1. The van der Waals surface area contributed by atoms with Gasteiger partial charge < -0.3 is 14.6 Å². The molecule has 0 fully saturated rings. The topological polar surface area (TPSA) is 56.1 Å². The molecule has 4 rings (SSSR count). The fourth-order valence-corrected chi connectivity index (χ4v) is 3.74. The van der Waals surface area contributed by atoms with Crippen LogP contribution in [-0.2, 0) is 13.1 Å². The Balaban J connectivity index is 1.37. The molecule has 0 saturated heterocycles. The highest BCUT2D eigenvalue weighted by Crippen LogP contribution is 2.19. The molecule has 0 aliphatic rings. The van der Waals surface area contributed by atoms with E-state index in [-0.39, 0.29) is 11.7 Å². The van der Waals surface area contributed by atoms with Crippen LogP contribution < -0.4 is 10.1 Å². The van der Waals surface area contributed by atoms with Crippen molar-refractivity contribution >= 4 is 16.9 Å². The van der Waals surface area contributed by atoms with Crippen molar-refractivity contribution in [1.82, 2.24) is 14.9 Å². The van der Waals surface area contributed by atoms with Gasteiger partial charge in [0, 0.05) is 12.1 Å². The number of unbranched alkanes of at least 4 members (excludes halogenated alkanes) is 1. The molecule has 0 radical (unpaired) electrons. The number of benzene rings is 3. The van der Waals surface area contributed by atoms with Gasteiger partial charge in [0.2, 0.25) is 0 Å². The van der Waals surface area contributed by atoms with Gasteiger partial charge in [0.15, 0.2) is 0 Å². The van der Waals surface area contributed by atoms with E-state index >= 15 is 0 Å². The summed E-state index contributed by atoms with van der Waals surface area (Å²) in [4.78, 5) is 17.2. The Bertz CT molecular complexity index is 1250. The van der Waals surface area contributed by atoms with Crippen LogP contribution in [0.5, 0.6) is 5.75 Å². The average molecular weight is 446 g/mol. The molecule has 0 saturated carbocycles. The van der Waals surface area contributed by atoms with Gasteiger partial charge in [-0.15, -0.1) is 0 Å². The summed E-state index contributed by atoms with van der Waals surface area (Å²) in [5, 5.41) is 2.90. The number of fused-ring (bicyclic) bond motifs is 1. The first kappa shape index (κ1) is 22.5. The van der Waals surface area contributed by atoms with Crippen LogP contribution >= 0.6 is 0 Å². The number of hydrogen-bond donors (Lipinski definition) is 1. The van der Waals surface area contributed by atoms with Gasteiger partial charge in [-0.3, -0.25) is 4.79 Å². The third-order valence-electron chi connectivity index (χ3n) is 5.77. The van der Waals surface area contributed by atoms with E-state index in [1.54, 1.807) is 0 Å². The molecule has 0 bridgehead atoms. The number of aryl methyl sites for hydroxylation is 3. The summed E-state index contributed by atoms with van der Waals surface area (Å²) in [6, 6.07) is 19.6. The van der Waals surface area contributed by atoms with Gasteiger partial charge in [0.1, 0.15) is 17.4 Å². The number of carbonyl (C=O) groups is 1. The van der Waals surface area contributed by atoms with Crippen molar-refractivity contribution < 1.29 is 13.9 Å². The molecule has 5 nitrogen and oxygen atoms in total. The van der Waals surface area contributed by atoms with E-state index in [2.05, 4.69) is 35.9 Å². The Morgan fingerprint density at radius 1 is 1.00 bits per heavy atom. The lowest BCUT2D eigenvalue weighted by molar-refractivity contribution is 0.0949. The van der Waals surface area contributed by atoms with Crippen LogP contribution in [0.15, 0.2) is 66.7 Å². The van der Waals surface area contributed by atoms with E-state index in [1.807, 2.05) is 30.3 Å². The number of nitrogens with zero attached hydrogens (tertiary/aromatic N) is 2. The Hall–Kier alpha value is -3.67. The number of rotatable bonds is 9. The minimum atomic E-state index is -0.366. The summed E-state index contributed by atoms with van der Waals surface area (Å²) in [5.41, 5.74) is 4.84. The number of carbonyl (C=O) groups excluding carboxylic acids is 1. The maximum absolute atomic E-state index is 13.1. The number of nitrogens with one attached hydrogen (secondary N) is 1. The van der Waals surface area contributed by atoms with Crippen LogP contribution in [0.2, 0.25) is 0 Å². The number of amides is 1. The third kappa shape index (κ3) is 5.58. The Kier molecular flexibility index (Phi) is 7.03. The molecule has 1 aromatic heterocycles. The largest absolute Gasteiger partial charge is 0.494 e. The maximum atomic E-state index is 13.1. The quantitative estimate of drug-likeness (QED) is 0.342. The van der Waals surface area contributed by atoms with Crippen molar-refractivity contribution in [2.24, 2.45) is 0 Å². The van der Waals surface area contributed by atoms with Crippen LogP contribution in [0.4, 0.5) is 4.39 Å². The fraction of sp³-hybridized carbons (Fsp3) is 0.259. The van der Waals surface area contributed by atoms with Gasteiger partial charge in [-0.05, 0) is 86.3 Å². The molecule has 0 aliphatic carbocycles. The minimum Gasteiger partial charge on any atom is -0.494 e. The molecule has 33 heavy (non-hydrogen) atoms. The zero-order valence-electron chi connectivity index (χ0n) is 19.0. The average Bonchev–Trinajstić information content (AvgIpc) is 3.17. The summed E-state index contributed by atoms with van der Waals surface area (Å²) in [6.07, 6.45) is 1.82. The normalized spacial score (nSPS) is 11.0. The first-order valence-corrected chi connectivity index (χ1v) is 11.2. The first-order chi connectivity index (χ1) is 16.0. The monoisotopic (exact) mass is 445 g/mol. The Morgan fingerprint density at radius 2 is 1.79 bits per heavy atom. The highest BCUT2D eigenvalue weighted by Gasteiger charge is 2.12. The summed E-state index contributed by atoms with van der Waals surface area (Å²) < 4.78 is 21.2. The van der Waals surface area contributed by atoms with E-state index in [9.17, 15) is 9.18 Å². The molecule has 0 aliphatic heterocycles. The number of halogens is 1. The van der Waals surface area contributed by atoms with Crippen molar-refractivity contribution in [3.8, 4) is 5.75 Å². The predicted octanol–water partition coefficient (Wildman–Crippen LogP) is 5.58. The molecule has 1 heterocycles. The van der Waals surface area contributed by atoms with Gasteiger partial charge >= 0.3 is 0 Å². The summed E-state index contributed by atoms with van der Waals surface area (Å²) in [5.74, 6) is 1.07. The lowest BCUT2D eigenvalue weighted by atomic mass is 10.1. The Labute approximate surface area is 193 Å². The standard InChI is InChI=1S/C27H28FN3O2/c1-19-9-14-23(17-20(19)2)33-16-6-5-15-31-25-8-4-3-7-24(25)30-26(31)18-29-27(32)21-10-12-22(28)13-11-21/h3-4,7-14,17H,5-6,15-16,18H2,1-2H3,(H,29,32). The van der Waals surface area contributed by atoms with Crippen molar-refractivity contribution in [3.63, 3.8) is 0 Å². The van der Waals surface area contributed by atoms with Crippen LogP contribution in [0.25, 0.3) is 11.0 Å². The van der Waals surface area contributed by atoms with E-state index in [4.69, 9.17) is 9.72 Å². The van der Waals surface area contributed by atoms with Crippen LogP contribution in [0.1, 0.15) is 40.2 Å². The van der Waals surface area contributed by atoms with Gasteiger partial charge in [-0.25, -0.2) is 9.37 Å². The summed E-state index contributed by atoms with van der Waals surface area (Å²) >= 11 is 0. The fourth-order valence-electron chi connectivity index (χ4n) is 3.74. The molecule has 1 N–H and O–H groups in total. The molecule has 1 amide bonds. The van der Waals surface area contributed by atoms with Crippen LogP contribution in [0.3, 0.4) is 0 Å².